The van der Waals surface area contributed by atoms with Gasteiger partial charge in [-0.3, -0.25) is 9.69 Å². The van der Waals surface area contributed by atoms with Gasteiger partial charge in [0.25, 0.3) is 0 Å². The van der Waals surface area contributed by atoms with Crippen molar-refractivity contribution in [1.82, 2.24) is 4.90 Å². The zero-order valence-electron chi connectivity index (χ0n) is 18.3. The molecule has 0 bridgehead atoms. The largest absolute Gasteiger partial charge is 0.464 e. The fourth-order valence-corrected chi connectivity index (χ4v) is 4.69. The summed E-state index contributed by atoms with van der Waals surface area (Å²) in [7, 11) is 0. The summed E-state index contributed by atoms with van der Waals surface area (Å²) in [5, 5.41) is 0. The van der Waals surface area contributed by atoms with Gasteiger partial charge in [-0.25, -0.2) is 9.59 Å². The Morgan fingerprint density at radius 1 is 1.09 bits per heavy atom. The summed E-state index contributed by atoms with van der Waals surface area (Å²) in [5.74, 6) is -1.23. The lowest BCUT2D eigenvalue weighted by atomic mass is 9.98. The Labute approximate surface area is 187 Å². The molecule has 0 radical (unpaired) electrons. The number of hydrogen-bond acceptors (Lipinski definition) is 5. The molecular formula is C25H28N2O5. The van der Waals surface area contributed by atoms with E-state index in [1.165, 1.54) is 4.90 Å². The van der Waals surface area contributed by atoms with Crippen molar-refractivity contribution in [2.24, 2.45) is 11.7 Å². The summed E-state index contributed by atoms with van der Waals surface area (Å²) in [6.45, 7) is 4.15. The molecule has 7 heteroatoms. The lowest BCUT2D eigenvalue weighted by Crippen LogP contribution is -2.55. The SMILES string of the molecule is CC(C)C[C@@H](C(N)=O)N(C(=O)OCC1c2ccccc2-c2ccccc21)[C@H]1CCOC1=O. The number of esters is 1. The van der Waals surface area contributed by atoms with Gasteiger partial charge in [-0.2, -0.15) is 0 Å². The molecule has 2 N–H and O–H groups in total. The van der Waals surface area contributed by atoms with E-state index in [4.69, 9.17) is 15.2 Å². The minimum atomic E-state index is -0.943. The van der Waals surface area contributed by atoms with Crippen LogP contribution in [0.15, 0.2) is 48.5 Å². The monoisotopic (exact) mass is 436 g/mol. The van der Waals surface area contributed by atoms with E-state index in [1.54, 1.807) is 0 Å². The molecule has 1 aliphatic heterocycles. The van der Waals surface area contributed by atoms with E-state index in [9.17, 15) is 14.4 Å². The second-order valence-corrected chi connectivity index (χ2v) is 8.73. The molecular weight excluding hydrogens is 408 g/mol. The normalized spacial score (nSPS) is 18.1. The van der Waals surface area contributed by atoms with Crippen LogP contribution in [0.25, 0.3) is 11.1 Å². The van der Waals surface area contributed by atoms with Crippen LogP contribution in [0.2, 0.25) is 0 Å². The number of benzene rings is 2. The topological polar surface area (TPSA) is 98.9 Å². The molecule has 2 amide bonds. The number of fused-ring (bicyclic) bond motifs is 3. The molecule has 4 rings (SSSR count). The number of amides is 2. The van der Waals surface area contributed by atoms with Crippen molar-refractivity contribution in [1.29, 1.82) is 0 Å². The van der Waals surface area contributed by atoms with Crippen LogP contribution in [0.1, 0.15) is 43.7 Å². The van der Waals surface area contributed by atoms with Crippen LogP contribution in [0.5, 0.6) is 0 Å². The Morgan fingerprint density at radius 2 is 1.69 bits per heavy atom. The molecule has 0 aromatic heterocycles. The Balaban J connectivity index is 1.59. The second kappa shape index (κ2) is 9.02. The third-order valence-electron chi connectivity index (χ3n) is 6.15. The first-order valence-electron chi connectivity index (χ1n) is 11.0. The number of nitrogens with two attached hydrogens (primary N) is 1. The lowest BCUT2D eigenvalue weighted by Gasteiger charge is -2.33. The summed E-state index contributed by atoms with van der Waals surface area (Å²) in [4.78, 5) is 39.0. The zero-order valence-corrected chi connectivity index (χ0v) is 18.3. The Kier molecular flexibility index (Phi) is 6.17. The Morgan fingerprint density at radius 3 is 2.19 bits per heavy atom. The van der Waals surface area contributed by atoms with Gasteiger partial charge >= 0.3 is 12.1 Å². The highest BCUT2D eigenvalue weighted by molar-refractivity contribution is 5.89. The first-order chi connectivity index (χ1) is 15.4. The highest BCUT2D eigenvalue weighted by atomic mass is 16.6. The van der Waals surface area contributed by atoms with Crippen molar-refractivity contribution < 1.29 is 23.9 Å². The van der Waals surface area contributed by atoms with E-state index in [0.29, 0.717) is 12.8 Å². The fraction of sp³-hybridized carbons (Fsp3) is 0.400. The van der Waals surface area contributed by atoms with Gasteiger partial charge in [0.2, 0.25) is 5.91 Å². The summed E-state index contributed by atoms with van der Waals surface area (Å²) in [6, 6.07) is 14.3. The third kappa shape index (κ3) is 4.07. The standard InChI is InChI=1S/C25H28N2O5/c1-15(2)13-22(23(26)28)27(21-11-12-31-24(21)29)25(30)32-14-20-18-9-5-3-7-16(18)17-8-4-6-10-19(17)20/h3-10,15,20-22H,11-14H2,1-2H3,(H2,26,28)/t21-,22-/m0/s1. The maximum Gasteiger partial charge on any atom is 0.411 e. The average Bonchev–Trinajstić information content (AvgIpc) is 3.33. The average molecular weight is 437 g/mol. The number of primary amides is 1. The Bertz CT molecular complexity index is 989. The number of hydrogen-bond donors (Lipinski definition) is 1. The van der Waals surface area contributed by atoms with E-state index < -0.39 is 30.1 Å². The molecule has 7 nitrogen and oxygen atoms in total. The molecule has 2 aliphatic rings. The fourth-order valence-electron chi connectivity index (χ4n) is 4.69. The minimum absolute atomic E-state index is 0.0915. The predicted octanol–water partition coefficient (Wildman–Crippen LogP) is 3.45. The van der Waals surface area contributed by atoms with Crippen molar-refractivity contribution >= 4 is 18.0 Å². The smallest absolute Gasteiger partial charge is 0.411 e. The summed E-state index contributed by atoms with van der Waals surface area (Å²) >= 11 is 0. The quantitative estimate of drug-likeness (QED) is 0.670. The van der Waals surface area contributed by atoms with Gasteiger partial charge in [0.1, 0.15) is 18.7 Å². The lowest BCUT2D eigenvalue weighted by molar-refractivity contribution is -0.143. The van der Waals surface area contributed by atoms with E-state index in [2.05, 4.69) is 12.1 Å². The molecule has 2 aromatic carbocycles. The van der Waals surface area contributed by atoms with Gasteiger partial charge in [0.05, 0.1) is 6.61 Å². The number of cyclic esters (lactones) is 1. The highest BCUT2D eigenvalue weighted by Gasteiger charge is 2.43. The van der Waals surface area contributed by atoms with Crippen LogP contribution in [0.3, 0.4) is 0 Å². The van der Waals surface area contributed by atoms with Crippen LogP contribution in [0, 0.1) is 5.92 Å². The van der Waals surface area contributed by atoms with Gasteiger partial charge in [-0.1, -0.05) is 62.4 Å². The van der Waals surface area contributed by atoms with Crippen molar-refractivity contribution in [2.75, 3.05) is 13.2 Å². The van der Waals surface area contributed by atoms with E-state index in [1.807, 2.05) is 50.2 Å². The van der Waals surface area contributed by atoms with Crippen LogP contribution in [-0.4, -0.2) is 48.2 Å². The Hall–Kier alpha value is -3.35. The molecule has 2 aromatic rings. The number of ether oxygens (including phenoxy) is 2. The van der Waals surface area contributed by atoms with Crippen LogP contribution in [0.4, 0.5) is 4.79 Å². The molecule has 0 unspecified atom stereocenters. The van der Waals surface area contributed by atoms with Crippen LogP contribution in [-0.2, 0) is 19.1 Å². The number of rotatable bonds is 7. The summed E-state index contributed by atoms with van der Waals surface area (Å²) in [5.41, 5.74) is 10.1. The first kappa shape index (κ1) is 21.9. The summed E-state index contributed by atoms with van der Waals surface area (Å²) in [6.07, 6.45) is -0.0750. The minimum Gasteiger partial charge on any atom is -0.464 e. The van der Waals surface area contributed by atoms with Crippen LogP contribution < -0.4 is 5.73 Å². The first-order valence-corrected chi connectivity index (χ1v) is 11.0. The van der Waals surface area contributed by atoms with Gasteiger partial charge in [-0.15, -0.1) is 0 Å². The van der Waals surface area contributed by atoms with Crippen molar-refractivity contribution in [3.8, 4) is 11.1 Å². The van der Waals surface area contributed by atoms with E-state index in [-0.39, 0.29) is 25.0 Å². The van der Waals surface area contributed by atoms with Crippen molar-refractivity contribution in [3.63, 3.8) is 0 Å². The van der Waals surface area contributed by atoms with Crippen LogP contribution >= 0.6 is 0 Å². The van der Waals surface area contributed by atoms with Gasteiger partial charge in [0, 0.05) is 12.3 Å². The van der Waals surface area contributed by atoms with Gasteiger partial charge < -0.3 is 15.2 Å². The van der Waals surface area contributed by atoms with E-state index >= 15 is 0 Å². The highest BCUT2D eigenvalue weighted by Crippen LogP contribution is 2.44. The summed E-state index contributed by atoms with van der Waals surface area (Å²) < 4.78 is 10.8. The molecule has 0 saturated carbocycles. The molecule has 1 fully saturated rings. The number of carbonyl (C=O) groups is 3. The van der Waals surface area contributed by atoms with Crippen molar-refractivity contribution in [2.45, 2.75) is 44.7 Å². The maximum atomic E-state index is 13.3. The van der Waals surface area contributed by atoms with Gasteiger partial charge in [0.15, 0.2) is 0 Å². The van der Waals surface area contributed by atoms with Crippen molar-refractivity contribution in [3.05, 3.63) is 59.7 Å². The number of nitrogens with zero attached hydrogens (tertiary/aromatic N) is 1. The zero-order chi connectivity index (χ0) is 22.8. The molecule has 1 aliphatic carbocycles. The number of carbonyl (C=O) groups excluding carboxylic acids is 3. The van der Waals surface area contributed by atoms with Gasteiger partial charge in [-0.05, 0) is 34.6 Å². The van der Waals surface area contributed by atoms with E-state index in [0.717, 1.165) is 22.3 Å². The maximum absolute atomic E-state index is 13.3. The second-order valence-electron chi connectivity index (χ2n) is 8.73. The molecule has 168 valence electrons. The molecule has 1 heterocycles. The molecule has 1 saturated heterocycles. The predicted molar refractivity (Wildman–Crippen MR) is 119 cm³/mol. The molecule has 0 spiro atoms. The molecule has 32 heavy (non-hydrogen) atoms. The molecule has 2 atom stereocenters. The third-order valence-corrected chi connectivity index (χ3v) is 6.15.